The van der Waals surface area contributed by atoms with Crippen molar-refractivity contribution >= 4 is 5.97 Å². The first-order valence-electron chi connectivity index (χ1n) is 7.15. The molecule has 1 fully saturated rings. The molecule has 0 aliphatic carbocycles. The highest BCUT2D eigenvalue weighted by atomic mass is 16.5. The number of hydrogen-bond donors (Lipinski definition) is 1. The predicted molar refractivity (Wildman–Crippen MR) is 76.2 cm³/mol. The molecule has 1 aromatic rings. The summed E-state index contributed by atoms with van der Waals surface area (Å²) in [5.41, 5.74) is -0.583. The number of hydrogen-bond acceptors (Lipinski definition) is 6. The lowest BCUT2D eigenvalue weighted by molar-refractivity contribution is -0.0444. The van der Waals surface area contributed by atoms with E-state index < -0.39 is 11.5 Å². The zero-order valence-electron chi connectivity index (χ0n) is 12.6. The van der Waals surface area contributed by atoms with Crippen molar-refractivity contribution in [1.82, 2.24) is 14.9 Å². The van der Waals surface area contributed by atoms with Gasteiger partial charge in [-0.25, -0.2) is 9.78 Å². The lowest BCUT2D eigenvalue weighted by Gasteiger charge is -2.34. The number of ether oxygens (including phenoxy) is 2. The highest BCUT2D eigenvalue weighted by Crippen LogP contribution is 2.19. The molecular weight excluding hydrogens is 274 g/mol. The zero-order valence-corrected chi connectivity index (χ0v) is 12.6. The summed E-state index contributed by atoms with van der Waals surface area (Å²) in [6.07, 6.45) is 0.967. The minimum absolute atomic E-state index is 0.0860. The van der Waals surface area contributed by atoms with Gasteiger partial charge in [0.2, 0.25) is 0 Å². The maximum atomic E-state index is 11.9. The van der Waals surface area contributed by atoms with Crippen LogP contribution in [0.25, 0.3) is 0 Å². The van der Waals surface area contributed by atoms with Crippen molar-refractivity contribution in [2.24, 2.45) is 0 Å². The molecule has 0 spiro atoms. The molecule has 2 heterocycles. The van der Waals surface area contributed by atoms with Crippen LogP contribution in [0.5, 0.6) is 0 Å². The van der Waals surface area contributed by atoms with Gasteiger partial charge in [0, 0.05) is 25.3 Å². The largest absolute Gasteiger partial charge is 0.462 e. The number of morpholine rings is 1. The number of rotatable bonds is 4. The summed E-state index contributed by atoms with van der Waals surface area (Å²) in [6, 6.07) is 0.405. The molecule has 1 saturated heterocycles. The van der Waals surface area contributed by atoms with Gasteiger partial charge in [-0.05, 0) is 20.8 Å². The van der Waals surface area contributed by atoms with E-state index >= 15 is 0 Å². The lowest BCUT2D eigenvalue weighted by atomic mass is 10.2. The van der Waals surface area contributed by atoms with Gasteiger partial charge in [0.05, 0.1) is 13.2 Å². The van der Waals surface area contributed by atoms with Crippen molar-refractivity contribution in [3.8, 4) is 0 Å². The van der Waals surface area contributed by atoms with Crippen LogP contribution in [0.2, 0.25) is 0 Å². The number of aromatic amines is 1. The van der Waals surface area contributed by atoms with E-state index in [1.165, 1.54) is 6.20 Å². The molecule has 0 bridgehead atoms. The summed E-state index contributed by atoms with van der Waals surface area (Å²) >= 11 is 0. The smallest absolute Gasteiger partial charge is 0.345 e. The molecule has 21 heavy (non-hydrogen) atoms. The standard InChI is InChI=1S/C14H21N3O4/c1-4-20-14(19)10-7-15-12(16-13(10)18)11-8-17(9(2)3)5-6-21-11/h7,9,11H,4-6,8H2,1-3H3,(H,15,16,18). The third kappa shape index (κ3) is 3.68. The highest BCUT2D eigenvalue weighted by Gasteiger charge is 2.26. The van der Waals surface area contributed by atoms with Gasteiger partial charge in [0.25, 0.3) is 5.56 Å². The van der Waals surface area contributed by atoms with Gasteiger partial charge in [0.1, 0.15) is 17.5 Å². The summed E-state index contributed by atoms with van der Waals surface area (Å²) in [6.45, 7) is 8.25. The first-order valence-corrected chi connectivity index (χ1v) is 7.15. The second-order valence-electron chi connectivity index (χ2n) is 5.18. The normalized spacial score (nSPS) is 19.7. The number of carbonyl (C=O) groups is 1. The fraction of sp³-hybridized carbons (Fsp3) is 0.643. The third-order valence-corrected chi connectivity index (χ3v) is 3.45. The Morgan fingerprint density at radius 1 is 1.62 bits per heavy atom. The van der Waals surface area contributed by atoms with Gasteiger partial charge in [-0.1, -0.05) is 0 Å². The number of aromatic nitrogens is 2. The molecule has 7 nitrogen and oxygen atoms in total. The van der Waals surface area contributed by atoms with E-state index in [-0.39, 0.29) is 18.3 Å². The van der Waals surface area contributed by atoms with Crippen molar-refractivity contribution in [2.45, 2.75) is 32.9 Å². The molecule has 0 aromatic carbocycles. The minimum Gasteiger partial charge on any atom is -0.462 e. The topological polar surface area (TPSA) is 84.5 Å². The van der Waals surface area contributed by atoms with Crippen LogP contribution in [0, 0.1) is 0 Å². The molecule has 0 amide bonds. The first-order chi connectivity index (χ1) is 10.0. The monoisotopic (exact) mass is 295 g/mol. The summed E-state index contributed by atoms with van der Waals surface area (Å²) in [5, 5.41) is 0. The van der Waals surface area contributed by atoms with Crippen LogP contribution in [0.4, 0.5) is 0 Å². The van der Waals surface area contributed by atoms with Crippen LogP contribution < -0.4 is 5.56 Å². The maximum absolute atomic E-state index is 11.9. The van der Waals surface area contributed by atoms with Gasteiger partial charge < -0.3 is 14.5 Å². The van der Waals surface area contributed by atoms with E-state index in [1.54, 1.807) is 6.92 Å². The van der Waals surface area contributed by atoms with E-state index in [0.29, 0.717) is 25.0 Å². The van der Waals surface area contributed by atoms with E-state index in [2.05, 4.69) is 28.7 Å². The average Bonchev–Trinajstić information content (AvgIpc) is 2.47. The lowest BCUT2D eigenvalue weighted by Crippen LogP contribution is -2.43. The Hall–Kier alpha value is -1.73. The van der Waals surface area contributed by atoms with Crippen molar-refractivity contribution in [2.75, 3.05) is 26.3 Å². The Morgan fingerprint density at radius 2 is 2.38 bits per heavy atom. The summed E-state index contributed by atoms with van der Waals surface area (Å²) < 4.78 is 10.5. The number of nitrogens with zero attached hydrogens (tertiary/aromatic N) is 2. The van der Waals surface area contributed by atoms with Gasteiger partial charge in [0.15, 0.2) is 0 Å². The van der Waals surface area contributed by atoms with Crippen LogP contribution in [0.15, 0.2) is 11.0 Å². The van der Waals surface area contributed by atoms with E-state index in [0.717, 1.165) is 6.54 Å². The van der Waals surface area contributed by atoms with Crippen LogP contribution in [-0.2, 0) is 9.47 Å². The maximum Gasteiger partial charge on any atom is 0.345 e. The number of esters is 1. The quantitative estimate of drug-likeness (QED) is 0.824. The Morgan fingerprint density at radius 3 is 3.00 bits per heavy atom. The molecule has 1 aromatic heterocycles. The minimum atomic E-state index is -0.661. The zero-order chi connectivity index (χ0) is 15.4. The number of H-pyrrole nitrogens is 1. The molecule has 7 heteroatoms. The molecule has 1 N–H and O–H groups in total. The van der Waals surface area contributed by atoms with Crippen LogP contribution in [0.1, 0.15) is 43.1 Å². The van der Waals surface area contributed by atoms with Gasteiger partial charge in [-0.3, -0.25) is 9.69 Å². The Labute approximate surface area is 123 Å². The third-order valence-electron chi connectivity index (χ3n) is 3.45. The van der Waals surface area contributed by atoms with Crippen molar-refractivity contribution in [1.29, 1.82) is 0 Å². The van der Waals surface area contributed by atoms with Crippen LogP contribution in [0.3, 0.4) is 0 Å². The highest BCUT2D eigenvalue weighted by molar-refractivity contribution is 5.88. The van der Waals surface area contributed by atoms with Crippen LogP contribution >= 0.6 is 0 Å². The Balaban J connectivity index is 2.16. The van der Waals surface area contributed by atoms with Gasteiger partial charge in [-0.15, -0.1) is 0 Å². The number of carbonyl (C=O) groups excluding carboxylic acids is 1. The molecule has 2 rings (SSSR count). The van der Waals surface area contributed by atoms with E-state index in [4.69, 9.17) is 9.47 Å². The Bertz CT molecular complexity index is 555. The van der Waals surface area contributed by atoms with E-state index in [1.807, 2.05) is 0 Å². The van der Waals surface area contributed by atoms with Crippen molar-refractivity contribution < 1.29 is 14.3 Å². The second-order valence-corrected chi connectivity index (χ2v) is 5.18. The Kier molecular flexibility index (Phi) is 5.08. The summed E-state index contributed by atoms with van der Waals surface area (Å²) in [7, 11) is 0. The van der Waals surface area contributed by atoms with Crippen molar-refractivity contribution in [3.05, 3.63) is 27.9 Å². The summed E-state index contributed by atoms with van der Waals surface area (Å²) in [4.78, 5) is 32.6. The van der Waals surface area contributed by atoms with Gasteiger partial charge >= 0.3 is 5.97 Å². The fourth-order valence-electron chi connectivity index (χ4n) is 2.23. The average molecular weight is 295 g/mol. The first kappa shape index (κ1) is 15.7. The van der Waals surface area contributed by atoms with Gasteiger partial charge in [-0.2, -0.15) is 0 Å². The van der Waals surface area contributed by atoms with Crippen LogP contribution in [-0.4, -0.2) is 53.2 Å². The second kappa shape index (κ2) is 6.82. The molecular formula is C14H21N3O4. The molecule has 116 valence electrons. The fourth-order valence-corrected chi connectivity index (χ4v) is 2.23. The number of nitrogens with one attached hydrogen (secondary N) is 1. The molecule has 1 aliphatic rings. The predicted octanol–water partition coefficient (Wildman–Crippen LogP) is 0.728. The molecule has 0 saturated carbocycles. The molecule has 1 unspecified atom stereocenters. The molecule has 1 aliphatic heterocycles. The SMILES string of the molecule is CCOC(=O)c1cnc(C2CN(C(C)C)CCO2)[nH]c1=O. The summed E-state index contributed by atoms with van der Waals surface area (Å²) in [5.74, 6) is -0.218. The molecule has 0 radical (unpaired) electrons. The van der Waals surface area contributed by atoms with Crippen molar-refractivity contribution in [3.63, 3.8) is 0 Å². The van der Waals surface area contributed by atoms with E-state index in [9.17, 15) is 9.59 Å². The molecule has 1 atom stereocenters.